The average molecular weight is 288 g/mol. The zero-order valence-electron chi connectivity index (χ0n) is 13.3. The van der Waals surface area contributed by atoms with Gasteiger partial charge in [-0.3, -0.25) is 4.79 Å². The molecule has 0 heterocycles. The topological polar surface area (TPSA) is 41.1 Å². The van der Waals surface area contributed by atoms with Crippen molar-refractivity contribution in [1.29, 1.82) is 0 Å². The fourth-order valence-corrected chi connectivity index (χ4v) is 2.92. The summed E-state index contributed by atoms with van der Waals surface area (Å²) >= 11 is 0. The minimum absolute atomic E-state index is 0.126. The largest absolute Gasteiger partial charge is 0.352 e. The van der Waals surface area contributed by atoms with Crippen LogP contribution in [0.1, 0.15) is 62.6 Å². The molecule has 1 fully saturated rings. The molecule has 1 aliphatic rings. The van der Waals surface area contributed by atoms with Gasteiger partial charge in [-0.25, -0.2) is 0 Å². The Morgan fingerprint density at radius 3 is 2.38 bits per heavy atom. The Balaban J connectivity index is 1.73. The minimum Gasteiger partial charge on any atom is -0.352 e. The Hall–Kier alpha value is -1.35. The first kappa shape index (κ1) is 16.0. The maximum Gasteiger partial charge on any atom is 0.234 e. The predicted octanol–water partition coefficient (Wildman–Crippen LogP) is 3.48. The summed E-state index contributed by atoms with van der Waals surface area (Å²) < 4.78 is 0. The van der Waals surface area contributed by atoms with Crippen LogP contribution in [0.5, 0.6) is 0 Å². The van der Waals surface area contributed by atoms with Crippen molar-refractivity contribution in [2.75, 3.05) is 6.54 Å². The Bertz CT molecular complexity index is 433. The molecule has 0 bridgehead atoms. The van der Waals surface area contributed by atoms with Gasteiger partial charge in [0.25, 0.3) is 0 Å². The number of rotatable bonds is 5. The van der Waals surface area contributed by atoms with E-state index in [0.29, 0.717) is 12.6 Å². The molecule has 2 N–H and O–H groups in total. The highest BCUT2D eigenvalue weighted by atomic mass is 16.1. The average Bonchev–Trinajstić information content (AvgIpc) is 2.74. The van der Waals surface area contributed by atoms with Crippen molar-refractivity contribution in [2.24, 2.45) is 0 Å². The Morgan fingerprint density at radius 1 is 1.14 bits per heavy atom. The van der Waals surface area contributed by atoms with Gasteiger partial charge in [0.15, 0.2) is 0 Å². The van der Waals surface area contributed by atoms with Crippen LogP contribution in [0.3, 0.4) is 0 Å². The molecule has 1 aliphatic carbocycles. The van der Waals surface area contributed by atoms with Crippen molar-refractivity contribution in [3.05, 3.63) is 35.4 Å². The smallest absolute Gasteiger partial charge is 0.234 e. The second-order valence-corrected chi connectivity index (χ2v) is 6.27. The van der Waals surface area contributed by atoms with Gasteiger partial charge in [-0.15, -0.1) is 0 Å². The van der Waals surface area contributed by atoms with Gasteiger partial charge in [0.05, 0.1) is 6.54 Å². The molecular weight excluding hydrogens is 260 g/mol. The molecule has 1 unspecified atom stereocenters. The molecule has 116 valence electrons. The lowest BCUT2D eigenvalue weighted by Crippen LogP contribution is -2.40. The zero-order chi connectivity index (χ0) is 15.1. The predicted molar refractivity (Wildman–Crippen MR) is 87.2 cm³/mol. The van der Waals surface area contributed by atoms with Crippen molar-refractivity contribution in [3.8, 4) is 0 Å². The van der Waals surface area contributed by atoms with Crippen LogP contribution in [0.25, 0.3) is 0 Å². The second kappa shape index (κ2) is 8.18. The molecule has 0 spiro atoms. The highest BCUT2D eigenvalue weighted by Gasteiger charge is 2.15. The molecule has 21 heavy (non-hydrogen) atoms. The molecule has 1 saturated carbocycles. The Labute approximate surface area is 128 Å². The first-order chi connectivity index (χ1) is 10.1. The third-order valence-electron chi connectivity index (χ3n) is 4.37. The van der Waals surface area contributed by atoms with E-state index in [-0.39, 0.29) is 11.9 Å². The molecule has 1 amide bonds. The SMILES string of the molecule is Cc1ccc(C(C)NCC(=O)NC2CCCCCC2)cc1. The van der Waals surface area contributed by atoms with E-state index < -0.39 is 0 Å². The van der Waals surface area contributed by atoms with Gasteiger partial charge in [0.2, 0.25) is 5.91 Å². The quantitative estimate of drug-likeness (QED) is 0.814. The fraction of sp³-hybridized carbons (Fsp3) is 0.611. The Kier molecular flexibility index (Phi) is 6.24. The van der Waals surface area contributed by atoms with E-state index >= 15 is 0 Å². The lowest BCUT2D eigenvalue weighted by atomic mass is 10.1. The van der Waals surface area contributed by atoms with Gasteiger partial charge in [0, 0.05) is 12.1 Å². The van der Waals surface area contributed by atoms with Crippen LogP contribution in [0.15, 0.2) is 24.3 Å². The van der Waals surface area contributed by atoms with E-state index in [4.69, 9.17) is 0 Å². The molecule has 2 rings (SSSR count). The van der Waals surface area contributed by atoms with Crippen molar-refractivity contribution < 1.29 is 4.79 Å². The van der Waals surface area contributed by atoms with Gasteiger partial charge in [0.1, 0.15) is 0 Å². The van der Waals surface area contributed by atoms with E-state index in [1.165, 1.54) is 36.8 Å². The summed E-state index contributed by atoms with van der Waals surface area (Å²) in [6, 6.07) is 9.05. The lowest BCUT2D eigenvalue weighted by molar-refractivity contribution is -0.121. The summed E-state index contributed by atoms with van der Waals surface area (Å²) in [7, 11) is 0. The number of hydrogen-bond donors (Lipinski definition) is 2. The maximum absolute atomic E-state index is 12.0. The summed E-state index contributed by atoms with van der Waals surface area (Å²) in [5, 5.41) is 6.48. The summed E-state index contributed by atoms with van der Waals surface area (Å²) in [6.07, 6.45) is 7.40. The normalized spacial score (nSPS) is 18.0. The molecular formula is C18H28N2O. The first-order valence-electron chi connectivity index (χ1n) is 8.24. The molecule has 1 aromatic carbocycles. The lowest BCUT2D eigenvalue weighted by Gasteiger charge is -2.18. The first-order valence-corrected chi connectivity index (χ1v) is 8.24. The number of amides is 1. The molecule has 3 heteroatoms. The highest BCUT2D eigenvalue weighted by molar-refractivity contribution is 5.78. The Morgan fingerprint density at radius 2 is 1.76 bits per heavy atom. The van der Waals surface area contributed by atoms with Gasteiger partial charge in [-0.05, 0) is 32.3 Å². The van der Waals surface area contributed by atoms with E-state index in [0.717, 1.165) is 12.8 Å². The highest BCUT2D eigenvalue weighted by Crippen LogP contribution is 2.17. The second-order valence-electron chi connectivity index (χ2n) is 6.27. The van der Waals surface area contributed by atoms with Crippen molar-refractivity contribution in [3.63, 3.8) is 0 Å². The van der Waals surface area contributed by atoms with Gasteiger partial charge < -0.3 is 10.6 Å². The molecule has 0 radical (unpaired) electrons. The van der Waals surface area contributed by atoms with Crippen molar-refractivity contribution in [2.45, 2.75) is 64.5 Å². The molecule has 1 aromatic rings. The van der Waals surface area contributed by atoms with Gasteiger partial charge in [-0.1, -0.05) is 55.5 Å². The fourth-order valence-electron chi connectivity index (χ4n) is 2.92. The van der Waals surface area contributed by atoms with E-state index in [1.54, 1.807) is 0 Å². The molecule has 0 saturated heterocycles. The molecule has 1 atom stereocenters. The summed E-state index contributed by atoms with van der Waals surface area (Å²) in [5.74, 6) is 0.126. The molecule has 3 nitrogen and oxygen atoms in total. The molecule has 0 aliphatic heterocycles. The number of carbonyl (C=O) groups excluding carboxylic acids is 1. The van der Waals surface area contributed by atoms with E-state index in [9.17, 15) is 4.79 Å². The third kappa shape index (κ3) is 5.50. The van der Waals surface area contributed by atoms with E-state index in [1.807, 2.05) is 0 Å². The van der Waals surface area contributed by atoms with Gasteiger partial charge >= 0.3 is 0 Å². The van der Waals surface area contributed by atoms with Crippen molar-refractivity contribution >= 4 is 5.91 Å². The van der Waals surface area contributed by atoms with Crippen LogP contribution in [0.4, 0.5) is 0 Å². The van der Waals surface area contributed by atoms with E-state index in [2.05, 4.69) is 48.7 Å². The maximum atomic E-state index is 12.0. The summed E-state index contributed by atoms with van der Waals surface area (Å²) in [6.45, 7) is 4.58. The number of carbonyl (C=O) groups is 1. The standard InChI is InChI=1S/C18H28N2O/c1-14-9-11-16(12-10-14)15(2)19-13-18(21)20-17-7-5-3-4-6-8-17/h9-12,15,17,19H,3-8,13H2,1-2H3,(H,20,21). The van der Waals surface area contributed by atoms with Crippen LogP contribution in [0, 0.1) is 6.92 Å². The third-order valence-corrected chi connectivity index (χ3v) is 4.37. The number of benzene rings is 1. The van der Waals surface area contributed by atoms with Crippen LogP contribution in [0.2, 0.25) is 0 Å². The van der Waals surface area contributed by atoms with Crippen LogP contribution in [-0.4, -0.2) is 18.5 Å². The number of aryl methyl sites for hydroxylation is 1. The zero-order valence-corrected chi connectivity index (χ0v) is 13.3. The molecule has 0 aromatic heterocycles. The number of nitrogens with one attached hydrogen (secondary N) is 2. The number of hydrogen-bond acceptors (Lipinski definition) is 2. The van der Waals surface area contributed by atoms with Gasteiger partial charge in [-0.2, -0.15) is 0 Å². The van der Waals surface area contributed by atoms with Crippen LogP contribution >= 0.6 is 0 Å². The van der Waals surface area contributed by atoms with Crippen LogP contribution < -0.4 is 10.6 Å². The minimum atomic E-state index is 0.126. The summed E-state index contributed by atoms with van der Waals surface area (Å²) in [4.78, 5) is 12.0. The monoisotopic (exact) mass is 288 g/mol. The summed E-state index contributed by atoms with van der Waals surface area (Å²) in [5.41, 5.74) is 2.49. The van der Waals surface area contributed by atoms with Crippen molar-refractivity contribution in [1.82, 2.24) is 10.6 Å². The van der Waals surface area contributed by atoms with Crippen LogP contribution in [-0.2, 0) is 4.79 Å².